The zero-order chi connectivity index (χ0) is 16.1. The molecule has 0 radical (unpaired) electrons. The molecule has 2 aromatic carbocycles. The van der Waals surface area contributed by atoms with Gasteiger partial charge in [0, 0.05) is 11.1 Å². The van der Waals surface area contributed by atoms with Crippen molar-refractivity contribution in [3.63, 3.8) is 0 Å². The maximum absolute atomic E-state index is 12.8. The van der Waals surface area contributed by atoms with Gasteiger partial charge in [0.05, 0.1) is 5.71 Å². The van der Waals surface area contributed by atoms with Gasteiger partial charge in [-0.1, -0.05) is 66.2 Å². The van der Waals surface area contributed by atoms with Gasteiger partial charge < -0.3 is 0 Å². The molecule has 0 heterocycles. The van der Waals surface area contributed by atoms with Crippen LogP contribution in [0.1, 0.15) is 35.7 Å². The minimum absolute atomic E-state index is 0.111. The third kappa shape index (κ3) is 3.69. The molecule has 2 aromatic rings. The molecule has 0 aromatic heterocycles. The number of nitrogens with zero attached hydrogens (tertiary/aromatic N) is 2. The number of ketones is 1. The van der Waals surface area contributed by atoms with Crippen molar-refractivity contribution >= 4 is 17.2 Å². The summed E-state index contributed by atoms with van der Waals surface area (Å²) in [6, 6.07) is 18.7. The van der Waals surface area contributed by atoms with E-state index in [-0.39, 0.29) is 5.78 Å². The summed E-state index contributed by atoms with van der Waals surface area (Å²) in [6.45, 7) is 2.08. The van der Waals surface area contributed by atoms with Gasteiger partial charge in [-0.3, -0.25) is 4.79 Å². The van der Waals surface area contributed by atoms with Crippen molar-refractivity contribution in [1.29, 1.82) is 0 Å². The molecule has 0 aliphatic heterocycles. The van der Waals surface area contributed by atoms with Crippen molar-refractivity contribution in [3.05, 3.63) is 83.4 Å². The van der Waals surface area contributed by atoms with E-state index in [9.17, 15) is 4.79 Å². The molecule has 23 heavy (non-hydrogen) atoms. The van der Waals surface area contributed by atoms with E-state index in [0.29, 0.717) is 11.3 Å². The Hall–Kier alpha value is -2.81. The number of carbonyl (C=O) groups excluding carboxylic acids is 1. The summed E-state index contributed by atoms with van der Waals surface area (Å²) in [5.41, 5.74) is 4.01. The highest BCUT2D eigenvalue weighted by Crippen LogP contribution is 2.16. The monoisotopic (exact) mass is 302 g/mol. The van der Waals surface area contributed by atoms with E-state index >= 15 is 0 Å². The Balaban J connectivity index is 2.00. The van der Waals surface area contributed by atoms with Crippen LogP contribution in [0.2, 0.25) is 0 Å². The topological polar surface area (TPSA) is 41.8 Å². The number of benzene rings is 2. The van der Waals surface area contributed by atoms with Gasteiger partial charge in [-0.15, -0.1) is 5.10 Å². The summed E-state index contributed by atoms with van der Waals surface area (Å²) >= 11 is 0. The number of carbonyl (C=O) groups is 1. The Morgan fingerprint density at radius 1 is 0.870 bits per heavy atom. The standard InChI is InChI=1S/C20H18N2O/c1-15-12-13-18(14-15)21-22-19(16-8-4-2-5-9-16)20(23)17-10-6-3-7-11-17/h2-11,14H,12-13H2,1H3. The summed E-state index contributed by atoms with van der Waals surface area (Å²) in [6.07, 6.45) is 3.94. The third-order valence-corrected chi connectivity index (χ3v) is 3.77. The van der Waals surface area contributed by atoms with E-state index in [1.54, 1.807) is 12.1 Å². The largest absolute Gasteiger partial charge is 0.287 e. The first-order chi connectivity index (χ1) is 11.2. The molecule has 3 rings (SSSR count). The van der Waals surface area contributed by atoms with Gasteiger partial charge in [-0.25, -0.2) is 0 Å². The van der Waals surface area contributed by atoms with Crippen LogP contribution in [0.4, 0.5) is 0 Å². The van der Waals surface area contributed by atoms with Gasteiger partial charge in [-0.2, -0.15) is 5.10 Å². The zero-order valence-electron chi connectivity index (χ0n) is 13.1. The summed E-state index contributed by atoms with van der Waals surface area (Å²) in [4.78, 5) is 12.8. The first-order valence-electron chi connectivity index (χ1n) is 7.71. The minimum atomic E-state index is -0.111. The predicted octanol–water partition coefficient (Wildman–Crippen LogP) is 4.45. The van der Waals surface area contributed by atoms with Gasteiger partial charge in [0.25, 0.3) is 0 Å². The molecule has 3 nitrogen and oxygen atoms in total. The van der Waals surface area contributed by atoms with Crippen molar-refractivity contribution in [1.82, 2.24) is 0 Å². The van der Waals surface area contributed by atoms with Crippen LogP contribution in [-0.4, -0.2) is 17.2 Å². The van der Waals surface area contributed by atoms with Gasteiger partial charge in [0.2, 0.25) is 5.78 Å². The Labute approximate surface area is 136 Å². The van der Waals surface area contributed by atoms with E-state index in [2.05, 4.69) is 17.1 Å². The van der Waals surface area contributed by atoms with E-state index in [1.807, 2.05) is 54.6 Å². The van der Waals surface area contributed by atoms with Gasteiger partial charge in [0.1, 0.15) is 5.71 Å². The SMILES string of the molecule is CC1=CC(=NN=C(C(=O)c2ccccc2)c2ccccc2)CC1. The Morgan fingerprint density at radius 2 is 1.48 bits per heavy atom. The summed E-state index contributed by atoms with van der Waals surface area (Å²) in [5.74, 6) is -0.111. The van der Waals surface area contributed by atoms with E-state index < -0.39 is 0 Å². The second-order valence-electron chi connectivity index (χ2n) is 5.59. The highest BCUT2D eigenvalue weighted by atomic mass is 16.1. The average molecular weight is 302 g/mol. The Morgan fingerprint density at radius 3 is 2.04 bits per heavy atom. The molecule has 3 heteroatoms. The fraction of sp³-hybridized carbons (Fsp3) is 0.150. The van der Waals surface area contributed by atoms with Crippen LogP contribution in [0.5, 0.6) is 0 Å². The Kier molecular flexibility index (Phi) is 4.57. The molecule has 0 spiro atoms. The molecule has 0 unspecified atom stereocenters. The minimum Gasteiger partial charge on any atom is -0.287 e. The first kappa shape index (κ1) is 15.1. The second kappa shape index (κ2) is 6.97. The van der Waals surface area contributed by atoms with Gasteiger partial charge >= 0.3 is 0 Å². The van der Waals surface area contributed by atoms with Crippen LogP contribution < -0.4 is 0 Å². The van der Waals surface area contributed by atoms with E-state index in [0.717, 1.165) is 24.1 Å². The molecule has 0 saturated heterocycles. The summed E-state index contributed by atoms with van der Waals surface area (Å²) in [5, 5.41) is 8.60. The van der Waals surface area contributed by atoms with Crippen LogP contribution in [0.15, 0.2) is 82.5 Å². The normalized spacial score (nSPS) is 16.5. The predicted molar refractivity (Wildman–Crippen MR) is 94.2 cm³/mol. The lowest BCUT2D eigenvalue weighted by molar-refractivity contribution is 0.106. The molecular weight excluding hydrogens is 284 g/mol. The molecule has 1 aliphatic rings. The van der Waals surface area contributed by atoms with Crippen molar-refractivity contribution in [3.8, 4) is 0 Å². The maximum Gasteiger partial charge on any atom is 0.213 e. The lowest BCUT2D eigenvalue weighted by atomic mass is 10.0. The second-order valence-corrected chi connectivity index (χ2v) is 5.59. The van der Waals surface area contributed by atoms with Crippen LogP contribution in [0, 0.1) is 0 Å². The number of rotatable bonds is 4. The smallest absolute Gasteiger partial charge is 0.213 e. The Bertz CT molecular complexity index is 787. The molecule has 114 valence electrons. The number of hydrogen-bond donors (Lipinski definition) is 0. The summed E-state index contributed by atoms with van der Waals surface area (Å²) < 4.78 is 0. The van der Waals surface area contributed by atoms with E-state index in [4.69, 9.17) is 0 Å². The molecule has 0 fully saturated rings. The molecule has 0 bridgehead atoms. The molecule has 1 aliphatic carbocycles. The summed E-state index contributed by atoms with van der Waals surface area (Å²) in [7, 11) is 0. The zero-order valence-corrected chi connectivity index (χ0v) is 13.1. The van der Waals surface area contributed by atoms with E-state index in [1.165, 1.54) is 5.57 Å². The maximum atomic E-state index is 12.8. The number of allylic oxidation sites excluding steroid dienone is 2. The first-order valence-corrected chi connectivity index (χ1v) is 7.71. The van der Waals surface area contributed by atoms with Crippen molar-refractivity contribution in [2.24, 2.45) is 10.2 Å². The molecule has 0 saturated carbocycles. The van der Waals surface area contributed by atoms with Gasteiger partial charge in [-0.05, 0) is 25.8 Å². The van der Waals surface area contributed by atoms with Crippen molar-refractivity contribution in [2.75, 3.05) is 0 Å². The van der Waals surface area contributed by atoms with Gasteiger partial charge in [0.15, 0.2) is 0 Å². The van der Waals surface area contributed by atoms with Crippen LogP contribution in [0.25, 0.3) is 0 Å². The lowest BCUT2D eigenvalue weighted by Crippen LogP contribution is -2.15. The number of Topliss-reactive ketones (excluding diaryl/α,β-unsaturated/α-hetero) is 1. The lowest BCUT2D eigenvalue weighted by Gasteiger charge is -2.04. The average Bonchev–Trinajstić information content (AvgIpc) is 3.02. The fourth-order valence-electron chi connectivity index (χ4n) is 2.50. The quantitative estimate of drug-likeness (QED) is 0.467. The fourth-order valence-corrected chi connectivity index (χ4v) is 2.50. The third-order valence-electron chi connectivity index (χ3n) is 3.77. The van der Waals surface area contributed by atoms with Crippen LogP contribution >= 0.6 is 0 Å². The van der Waals surface area contributed by atoms with Crippen molar-refractivity contribution < 1.29 is 4.79 Å². The molecule has 0 amide bonds. The van der Waals surface area contributed by atoms with Crippen LogP contribution in [-0.2, 0) is 0 Å². The molecule has 0 atom stereocenters. The molecular formula is C20H18N2O. The highest BCUT2D eigenvalue weighted by Gasteiger charge is 2.16. The van der Waals surface area contributed by atoms with Crippen LogP contribution in [0.3, 0.4) is 0 Å². The number of hydrogen-bond acceptors (Lipinski definition) is 3. The highest BCUT2D eigenvalue weighted by molar-refractivity contribution is 6.51. The molecule has 0 N–H and O–H groups in total. The van der Waals surface area contributed by atoms with Crippen molar-refractivity contribution in [2.45, 2.75) is 19.8 Å².